The van der Waals surface area contributed by atoms with Crippen molar-refractivity contribution < 1.29 is 0 Å². The summed E-state index contributed by atoms with van der Waals surface area (Å²) in [7, 11) is 0. The van der Waals surface area contributed by atoms with Gasteiger partial charge in [-0.05, 0) is 6.54 Å². The van der Waals surface area contributed by atoms with Crippen molar-refractivity contribution in [2.24, 2.45) is 0 Å². The zero-order valence-corrected chi connectivity index (χ0v) is 12.7. The Morgan fingerprint density at radius 3 is 2.63 bits per heavy atom. The van der Waals surface area contributed by atoms with Crippen molar-refractivity contribution in [1.29, 1.82) is 0 Å². The first-order valence-corrected chi connectivity index (χ1v) is 7.31. The van der Waals surface area contributed by atoms with Gasteiger partial charge in [-0.2, -0.15) is 0 Å². The Morgan fingerprint density at radius 1 is 1.26 bits per heavy atom. The third kappa shape index (κ3) is 3.36. The fourth-order valence-corrected chi connectivity index (χ4v) is 3.02. The van der Waals surface area contributed by atoms with E-state index in [4.69, 9.17) is 4.98 Å². The second-order valence-corrected chi connectivity index (χ2v) is 6.50. The normalized spacial score (nSPS) is 11.8. The minimum Gasteiger partial charge on any atom is -0.312 e. The van der Waals surface area contributed by atoms with Gasteiger partial charge in [0.2, 0.25) is 0 Å². The predicted molar refractivity (Wildman–Crippen MR) is 79.2 cm³/mol. The van der Waals surface area contributed by atoms with Crippen LogP contribution in [0, 0.1) is 0 Å². The quantitative estimate of drug-likeness (QED) is 0.932. The average molecular weight is 276 g/mol. The van der Waals surface area contributed by atoms with Crippen LogP contribution < -0.4 is 5.32 Å². The molecule has 2 heterocycles. The molecule has 0 atom stereocenters. The minimum atomic E-state index is 0.0434. The lowest BCUT2D eigenvalue weighted by atomic mass is 9.91. The summed E-state index contributed by atoms with van der Waals surface area (Å²) in [5.41, 5.74) is 2.04. The van der Waals surface area contributed by atoms with Gasteiger partial charge in [-0.3, -0.25) is 9.97 Å². The molecule has 5 heteroatoms. The van der Waals surface area contributed by atoms with E-state index in [1.807, 2.05) is 0 Å². The third-order valence-electron chi connectivity index (χ3n) is 2.73. The maximum atomic E-state index is 4.78. The van der Waals surface area contributed by atoms with Gasteiger partial charge in [-0.1, -0.05) is 27.7 Å². The first-order valence-electron chi connectivity index (χ1n) is 6.49. The summed E-state index contributed by atoms with van der Waals surface area (Å²) in [5, 5.41) is 4.33. The molecule has 19 heavy (non-hydrogen) atoms. The first kappa shape index (κ1) is 14.1. The van der Waals surface area contributed by atoms with Crippen molar-refractivity contribution in [2.75, 3.05) is 6.54 Å². The van der Waals surface area contributed by atoms with Gasteiger partial charge in [0, 0.05) is 29.2 Å². The van der Waals surface area contributed by atoms with Crippen LogP contribution in [0.5, 0.6) is 0 Å². The molecule has 1 N–H and O–H groups in total. The molecule has 0 radical (unpaired) electrons. The Kier molecular flexibility index (Phi) is 4.27. The van der Waals surface area contributed by atoms with Crippen LogP contribution in [-0.4, -0.2) is 21.5 Å². The molecule has 0 aromatic carbocycles. The van der Waals surface area contributed by atoms with E-state index >= 15 is 0 Å². The highest BCUT2D eigenvalue weighted by atomic mass is 32.1. The number of nitrogens with one attached hydrogen (secondary N) is 1. The number of aromatic nitrogens is 3. The second kappa shape index (κ2) is 5.75. The maximum absolute atomic E-state index is 4.78. The number of thiazole rings is 1. The largest absolute Gasteiger partial charge is 0.312 e. The summed E-state index contributed by atoms with van der Waals surface area (Å²) in [6.45, 7) is 10.5. The van der Waals surface area contributed by atoms with Crippen LogP contribution in [0.2, 0.25) is 0 Å². The Labute approximate surface area is 118 Å². The van der Waals surface area contributed by atoms with Crippen molar-refractivity contribution >= 4 is 11.3 Å². The molecule has 0 bridgehead atoms. The van der Waals surface area contributed by atoms with Crippen molar-refractivity contribution in [2.45, 2.75) is 39.7 Å². The fourth-order valence-electron chi connectivity index (χ4n) is 1.82. The molecule has 0 fully saturated rings. The van der Waals surface area contributed by atoms with Crippen LogP contribution in [0.15, 0.2) is 18.6 Å². The number of nitrogens with zero attached hydrogens (tertiary/aromatic N) is 3. The summed E-state index contributed by atoms with van der Waals surface area (Å²) in [6, 6.07) is 0. The molecule has 4 nitrogen and oxygen atoms in total. The highest BCUT2D eigenvalue weighted by Crippen LogP contribution is 2.33. The smallest absolute Gasteiger partial charge is 0.144 e. The Balaban J connectivity index is 2.40. The first-order chi connectivity index (χ1) is 9.02. The minimum absolute atomic E-state index is 0.0434. The molecule has 0 amide bonds. The zero-order chi connectivity index (χ0) is 13.9. The molecule has 0 unspecified atom stereocenters. The summed E-state index contributed by atoms with van der Waals surface area (Å²) in [5.74, 6) is 0. The number of hydrogen-bond acceptors (Lipinski definition) is 5. The molecule has 102 valence electrons. The van der Waals surface area contributed by atoms with Crippen LogP contribution in [0.1, 0.15) is 38.3 Å². The molecule has 0 spiro atoms. The van der Waals surface area contributed by atoms with Crippen LogP contribution >= 0.6 is 11.3 Å². The van der Waals surface area contributed by atoms with Gasteiger partial charge in [0.05, 0.1) is 11.9 Å². The highest BCUT2D eigenvalue weighted by molar-refractivity contribution is 7.15. The third-order valence-corrected chi connectivity index (χ3v) is 3.80. The van der Waals surface area contributed by atoms with Crippen molar-refractivity contribution in [3.8, 4) is 10.7 Å². The van der Waals surface area contributed by atoms with E-state index in [-0.39, 0.29) is 5.41 Å². The zero-order valence-electron chi connectivity index (χ0n) is 11.9. The van der Waals surface area contributed by atoms with E-state index < -0.39 is 0 Å². The number of hydrogen-bond donors (Lipinski definition) is 1. The second-order valence-electron chi connectivity index (χ2n) is 5.41. The fraction of sp³-hybridized carbons (Fsp3) is 0.500. The molecule has 0 aliphatic heterocycles. The van der Waals surface area contributed by atoms with Crippen molar-refractivity contribution in [3.05, 3.63) is 29.2 Å². The van der Waals surface area contributed by atoms with E-state index in [9.17, 15) is 0 Å². The lowest BCUT2D eigenvalue weighted by Crippen LogP contribution is -2.18. The lowest BCUT2D eigenvalue weighted by molar-refractivity contribution is 0.561. The molecule has 2 aromatic rings. The van der Waals surface area contributed by atoms with E-state index in [0.717, 1.165) is 29.5 Å². The highest BCUT2D eigenvalue weighted by Gasteiger charge is 2.23. The Morgan fingerprint density at radius 2 is 2.05 bits per heavy atom. The van der Waals surface area contributed by atoms with Gasteiger partial charge >= 0.3 is 0 Å². The van der Waals surface area contributed by atoms with Crippen LogP contribution in [0.25, 0.3) is 10.7 Å². The molecule has 2 rings (SSSR count). The van der Waals surface area contributed by atoms with Gasteiger partial charge in [0.15, 0.2) is 0 Å². The van der Waals surface area contributed by atoms with Crippen molar-refractivity contribution in [1.82, 2.24) is 20.3 Å². The summed E-state index contributed by atoms with van der Waals surface area (Å²) < 4.78 is 0. The van der Waals surface area contributed by atoms with E-state index in [2.05, 4.69) is 43.0 Å². The van der Waals surface area contributed by atoms with Crippen molar-refractivity contribution in [3.63, 3.8) is 0 Å². The molecule has 2 aromatic heterocycles. The van der Waals surface area contributed by atoms with Crippen LogP contribution in [-0.2, 0) is 12.0 Å². The van der Waals surface area contributed by atoms with Crippen LogP contribution in [0.4, 0.5) is 0 Å². The topological polar surface area (TPSA) is 50.7 Å². The van der Waals surface area contributed by atoms with Gasteiger partial charge in [-0.25, -0.2) is 4.98 Å². The summed E-state index contributed by atoms with van der Waals surface area (Å²) >= 11 is 1.70. The van der Waals surface area contributed by atoms with Gasteiger partial charge < -0.3 is 5.32 Å². The molecular formula is C14H20N4S. The molecule has 0 saturated heterocycles. The SMILES string of the molecule is CCNCc1sc(-c2cnccn2)nc1C(C)(C)C. The van der Waals surface area contributed by atoms with E-state index in [0.29, 0.717) is 0 Å². The standard InChI is InChI=1S/C14H20N4S/c1-5-15-9-11-12(14(2,3)4)18-13(19-11)10-8-16-6-7-17-10/h6-8,15H,5,9H2,1-4H3. The molecular weight excluding hydrogens is 256 g/mol. The van der Waals surface area contributed by atoms with E-state index in [1.165, 1.54) is 4.88 Å². The number of rotatable bonds is 4. The Bertz CT molecular complexity index is 528. The lowest BCUT2D eigenvalue weighted by Gasteiger charge is -2.17. The van der Waals surface area contributed by atoms with E-state index in [1.54, 1.807) is 29.9 Å². The monoisotopic (exact) mass is 276 g/mol. The van der Waals surface area contributed by atoms with Gasteiger partial charge in [-0.15, -0.1) is 11.3 Å². The summed E-state index contributed by atoms with van der Waals surface area (Å²) in [6.07, 6.45) is 5.15. The molecule has 0 aliphatic carbocycles. The van der Waals surface area contributed by atoms with Gasteiger partial charge in [0.25, 0.3) is 0 Å². The summed E-state index contributed by atoms with van der Waals surface area (Å²) in [4.78, 5) is 14.5. The maximum Gasteiger partial charge on any atom is 0.144 e. The van der Waals surface area contributed by atoms with Crippen LogP contribution in [0.3, 0.4) is 0 Å². The average Bonchev–Trinajstić information content (AvgIpc) is 2.81. The Hall–Kier alpha value is -1.33. The van der Waals surface area contributed by atoms with Gasteiger partial charge in [0.1, 0.15) is 10.7 Å². The molecule has 0 saturated carbocycles. The molecule has 0 aliphatic rings. The predicted octanol–water partition coefficient (Wildman–Crippen LogP) is 3.01.